The van der Waals surface area contributed by atoms with Crippen LogP contribution in [-0.2, 0) is 4.74 Å². The summed E-state index contributed by atoms with van der Waals surface area (Å²) in [5.41, 5.74) is 0.274. The van der Waals surface area contributed by atoms with Gasteiger partial charge in [-0.05, 0) is 13.0 Å². The van der Waals surface area contributed by atoms with Crippen molar-refractivity contribution in [2.75, 3.05) is 19.0 Å². The van der Waals surface area contributed by atoms with Crippen molar-refractivity contribution in [1.29, 1.82) is 5.26 Å². The van der Waals surface area contributed by atoms with E-state index in [4.69, 9.17) is 10.00 Å². The highest BCUT2D eigenvalue weighted by Gasteiger charge is 2.10. The minimum Gasteiger partial charge on any atom is -0.381 e. The number of rotatable bonds is 6. The van der Waals surface area contributed by atoms with E-state index in [1.165, 1.54) is 23.9 Å². The van der Waals surface area contributed by atoms with Crippen LogP contribution in [0.1, 0.15) is 12.5 Å². The van der Waals surface area contributed by atoms with Gasteiger partial charge in [-0.15, -0.1) is 11.8 Å². The van der Waals surface area contributed by atoms with E-state index >= 15 is 0 Å². The highest BCUT2D eigenvalue weighted by Crippen LogP contribution is 2.25. The predicted octanol–water partition coefficient (Wildman–Crippen LogP) is 2.60. The normalized spacial score (nSPS) is 9.88. The van der Waals surface area contributed by atoms with Gasteiger partial charge < -0.3 is 4.74 Å². The molecule has 0 aliphatic carbocycles. The van der Waals surface area contributed by atoms with Crippen LogP contribution in [0.25, 0.3) is 0 Å². The van der Waals surface area contributed by atoms with Crippen LogP contribution in [0, 0.1) is 21.4 Å². The molecule has 0 bridgehead atoms. The highest BCUT2D eigenvalue weighted by molar-refractivity contribution is 7.99. The zero-order chi connectivity index (χ0) is 12.7. The number of ether oxygens (including phenoxy) is 1. The van der Waals surface area contributed by atoms with E-state index < -0.39 is 4.92 Å². The number of hydrogen-bond acceptors (Lipinski definition) is 5. The molecule has 0 atom stereocenters. The Morgan fingerprint density at radius 3 is 2.94 bits per heavy atom. The fraction of sp³-hybridized carbons (Fsp3) is 0.364. The number of nitro benzene ring substituents is 1. The standard InChI is InChI=1S/C11H12N2O3S/c1-2-16-5-6-17-11-4-3-10(13(14)15)7-9(11)8-12/h3-4,7H,2,5-6H2,1H3. The number of non-ortho nitro benzene ring substituents is 1. The van der Waals surface area contributed by atoms with Crippen molar-refractivity contribution >= 4 is 17.4 Å². The lowest BCUT2D eigenvalue weighted by atomic mass is 10.2. The lowest BCUT2D eigenvalue weighted by molar-refractivity contribution is -0.384. The van der Waals surface area contributed by atoms with Gasteiger partial charge in [-0.3, -0.25) is 10.1 Å². The molecular weight excluding hydrogens is 240 g/mol. The Kier molecular flexibility index (Phi) is 5.46. The van der Waals surface area contributed by atoms with Gasteiger partial charge in [0.25, 0.3) is 5.69 Å². The van der Waals surface area contributed by atoms with Crippen LogP contribution < -0.4 is 0 Å². The van der Waals surface area contributed by atoms with E-state index in [0.29, 0.717) is 18.8 Å². The van der Waals surface area contributed by atoms with Crippen molar-refractivity contribution in [1.82, 2.24) is 0 Å². The second-order valence-electron chi connectivity index (χ2n) is 3.09. The maximum absolute atomic E-state index is 10.5. The summed E-state index contributed by atoms with van der Waals surface area (Å²) >= 11 is 1.46. The molecule has 0 fully saturated rings. The van der Waals surface area contributed by atoms with Gasteiger partial charge >= 0.3 is 0 Å². The molecule has 0 aromatic heterocycles. The molecule has 5 nitrogen and oxygen atoms in total. The van der Waals surface area contributed by atoms with Crippen LogP contribution in [-0.4, -0.2) is 23.9 Å². The summed E-state index contributed by atoms with van der Waals surface area (Å²) in [5.74, 6) is 0.723. The Balaban J connectivity index is 2.73. The topological polar surface area (TPSA) is 76.2 Å². The maximum atomic E-state index is 10.5. The van der Waals surface area contributed by atoms with Crippen molar-refractivity contribution < 1.29 is 9.66 Å². The predicted molar refractivity (Wildman–Crippen MR) is 65.0 cm³/mol. The molecule has 0 spiro atoms. The largest absolute Gasteiger partial charge is 0.381 e. The van der Waals surface area contributed by atoms with E-state index in [2.05, 4.69) is 0 Å². The molecule has 0 saturated carbocycles. The zero-order valence-electron chi connectivity index (χ0n) is 9.38. The van der Waals surface area contributed by atoms with Crippen LogP contribution in [0.2, 0.25) is 0 Å². The van der Waals surface area contributed by atoms with E-state index in [-0.39, 0.29) is 5.69 Å². The third kappa shape index (κ3) is 4.06. The van der Waals surface area contributed by atoms with Crippen molar-refractivity contribution in [2.45, 2.75) is 11.8 Å². The average molecular weight is 252 g/mol. The Morgan fingerprint density at radius 1 is 1.59 bits per heavy atom. The molecule has 0 N–H and O–H groups in total. The average Bonchev–Trinajstić information content (AvgIpc) is 2.34. The Bertz CT molecular complexity index is 443. The second-order valence-corrected chi connectivity index (χ2v) is 4.23. The van der Waals surface area contributed by atoms with Crippen LogP contribution in [0.4, 0.5) is 5.69 Å². The molecular formula is C11H12N2O3S. The molecule has 0 unspecified atom stereocenters. The third-order valence-corrected chi connectivity index (χ3v) is 3.02. The SMILES string of the molecule is CCOCCSc1ccc([N+](=O)[O-])cc1C#N. The smallest absolute Gasteiger partial charge is 0.270 e. The first-order chi connectivity index (χ1) is 8.19. The Morgan fingerprint density at radius 2 is 2.35 bits per heavy atom. The molecule has 0 heterocycles. The summed E-state index contributed by atoms with van der Waals surface area (Å²) in [4.78, 5) is 10.8. The number of benzene rings is 1. The molecule has 1 rings (SSSR count). The number of nitrogens with zero attached hydrogens (tertiary/aromatic N) is 2. The van der Waals surface area contributed by atoms with Crippen molar-refractivity contribution in [3.8, 4) is 6.07 Å². The van der Waals surface area contributed by atoms with Gasteiger partial charge in [0.15, 0.2) is 0 Å². The molecule has 17 heavy (non-hydrogen) atoms. The van der Waals surface area contributed by atoms with Gasteiger partial charge in [-0.25, -0.2) is 0 Å². The number of thioether (sulfide) groups is 1. The summed E-state index contributed by atoms with van der Waals surface area (Å²) in [5, 5.41) is 19.5. The molecule has 0 aliphatic heterocycles. The fourth-order valence-electron chi connectivity index (χ4n) is 1.20. The third-order valence-electron chi connectivity index (χ3n) is 1.98. The Hall–Kier alpha value is -1.58. The number of nitriles is 1. The van der Waals surface area contributed by atoms with Crippen LogP contribution in [0.3, 0.4) is 0 Å². The molecule has 0 aliphatic rings. The molecule has 0 radical (unpaired) electrons. The summed E-state index contributed by atoms with van der Waals surface area (Å²) < 4.78 is 5.18. The van der Waals surface area contributed by atoms with E-state index in [0.717, 1.165) is 10.6 Å². The minimum atomic E-state index is -0.504. The minimum absolute atomic E-state index is 0.0595. The van der Waals surface area contributed by atoms with Gasteiger partial charge in [0.1, 0.15) is 6.07 Å². The second kappa shape index (κ2) is 6.89. The summed E-state index contributed by atoms with van der Waals surface area (Å²) in [6, 6.07) is 6.27. The molecule has 6 heteroatoms. The quantitative estimate of drug-likeness (QED) is 0.336. The van der Waals surface area contributed by atoms with Gasteiger partial charge in [0, 0.05) is 29.4 Å². The molecule has 90 valence electrons. The number of hydrogen-bond donors (Lipinski definition) is 0. The van der Waals surface area contributed by atoms with E-state index in [9.17, 15) is 10.1 Å². The van der Waals surface area contributed by atoms with Crippen molar-refractivity contribution in [3.63, 3.8) is 0 Å². The first-order valence-electron chi connectivity index (χ1n) is 5.08. The highest BCUT2D eigenvalue weighted by atomic mass is 32.2. The summed E-state index contributed by atoms with van der Waals surface area (Å²) in [7, 11) is 0. The van der Waals surface area contributed by atoms with Gasteiger partial charge in [-0.2, -0.15) is 5.26 Å². The Labute approximate surface area is 104 Å². The van der Waals surface area contributed by atoms with Crippen molar-refractivity contribution in [2.24, 2.45) is 0 Å². The van der Waals surface area contributed by atoms with E-state index in [1.54, 1.807) is 6.07 Å². The van der Waals surface area contributed by atoms with Crippen molar-refractivity contribution in [3.05, 3.63) is 33.9 Å². The molecule has 1 aromatic carbocycles. The molecule has 0 saturated heterocycles. The summed E-state index contributed by atoms with van der Waals surface area (Å²) in [6.45, 7) is 3.17. The van der Waals surface area contributed by atoms with E-state index in [1.807, 2.05) is 13.0 Å². The fourth-order valence-corrected chi connectivity index (χ4v) is 2.05. The lowest BCUT2D eigenvalue weighted by Crippen LogP contribution is -1.97. The van der Waals surface area contributed by atoms with Crippen LogP contribution in [0.15, 0.2) is 23.1 Å². The first kappa shape index (κ1) is 13.5. The maximum Gasteiger partial charge on any atom is 0.270 e. The molecule has 0 amide bonds. The van der Waals surface area contributed by atoms with Gasteiger partial charge in [0.05, 0.1) is 17.1 Å². The summed E-state index contributed by atoms with van der Waals surface area (Å²) in [6.07, 6.45) is 0. The first-order valence-corrected chi connectivity index (χ1v) is 6.06. The lowest BCUT2D eigenvalue weighted by Gasteiger charge is -2.03. The van der Waals surface area contributed by atoms with Crippen LogP contribution >= 0.6 is 11.8 Å². The van der Waals surface area contributed by atoms with Gasteiger partial charge in [0.2, 0.25) is 0 Å². The number of nitro groups is 1. The molecule has 1 aromatic rings. The van der Waals surface area contributed by atoms with Crippen LogP contribution in [0.5, 0.6) is 0 Å². The monoisotopic (exact) mass is 252 g/mol. The van der Waals surface area contributed by atoms with Gasteiger partial charge in [-0.1, -0.05) is 0 Å². The zero-order valence-corrected chi connectivity index (χ0v) is 10.2.